The van der Waals surface area contributed by atoms with Crippen molar-refractivity contribution < 1.29 is 4.79 Å². The number of benzene rings is 1. The fraction of sp³-hybridized carbons (Fsp3) is 0.478. The third kappa shape index (κ3) is 4.88. The predicted octanol–water partition coefficient (Wildman–Crippen LogP) is 3.59. The van der Waals surface area contributed by atoms with Crippen LogP contribution in [0.4, 0.5) is 17.1 Å². The van der Waals surface area contributed by atoms with Crippen LogP contribution in [-0.2, 0) is 0 Å². The molecule has 0 spiro atoms. The molecule has 0 radical (unpaired) electrons. The molecule has 3 heterocycles. The van der Waals surface area contributed by atoms with Crippen LogP contribution in [0.5, 0.6) is 0 Å². The van der Waals surface area contributed by atoms with E-state index >= 15 is 0 Å². The smallest absolute Gasteiger partial charge is 0.255 e. The minimum Gasteiger partial charge on any atom is -0.372 e. The SMILES string of the molecule is CCN1CCN(C(=O)c2cncc(Nc3ccc(N4CCCCC4)cc3)c2)CC1. The van der Waals surface area contributed by atoms with Crippen LogP contribution in [0.3, 0.4) is 0 Å². The largest absolute Gasteiger partial charge is 0.372 e. The summed E-state index contributed by atoms with van der Waals surface area (Å²) in [5.74, 6) is 0.0670. The summed E-state index contributed by atoms with van der Waals surface area (Å²) in [7, 11) is 0. The number of anilines is 3. The Hall–Kier alpha value is -2.60. The van der Waals surface area contributed by atoms with E-state index in [9.17, 15) is 4.79 Å². The molecule has 2 fully saturated rings. The Labute approximate surface area is 173 Å². The summed E-state index contributed by atoms with van der Waals surface area (Å²) in [6.07, 6.45) is 7.33. The third-order valence-corrected chi connectivity index (χ3v) is 5.97. The number of nitrogens with one attached hydrogen (secondary N) is 1. The van der Waals surface area contributed by atoms with Gasteiger partial charge in [0, 0.05) is 56.8 Å². The summed E-state index contributed by atoms with van der Waals surface area (Å²) in [6, 6.07) is 10.4. The molecule has 0 bridgehead atoms. The molecule has 4 rings (SSSR count). The number of carbonyl (C=O) groups excluding carboxylic acids is 1. The Bertz CT molecular complexity index is 808. The summed E-state index contributed by atoms with van der Waals surface area (Å²) in [4.78, 5) is 23.9. The first-order valence-electron chi connectivity index (χ1n) is 10.8. The van der Waals surface area contributed by atoms with Gasteiger partial charge in [-0.15, -0.1) is 0 Å². The minimum absolute atomic E-state index is 0.0670. The predicted molar refractivity (Wildman–Crippen MR) is 118 cm³/mol. The highest BCUT2D eigenvalue weighted by atomic mass is 16.2. The van der Waals surface area contributed by atoms with E-state index in [1.807, 2.05) is 11.0 Å². The normalized spacial score (nSPS) is 18.0. The van der Waals surface area contributed by atoms with E-state index in [0.29, 0.717) is 5.56 Å². The molecular formula is C23H31N5O. The Morgan fingerprint density at radius 2 is 1.66 bits per heavy atom. The van der Waals surface area contributed by atoms with Gasteiger partial charge in [-0.25, -0.2) is 0 Å². The van der Waals surface area contributed by atoms with E-state index in [-0.39, 0.29) is 5.91 Å². The monoisotopic (exact) mass is 393 g/mol. The van der Waals surface area contributed by atoms with Crippen molar-refractivity contribution in [1.82, 2.24) is 14.8 Å². The van der Waals surface area contributed by atoms with Gasteiger partial charge in [-0.1, -0.05) is 6.92 Å². The highest BCUT2D eigenvalue weighted by Gasteiger charge is 2.21. The van der Waals surface area contributed by atoms with Crippen LogP contribution in [-0.4, -0.2) is 66.5 Å². The van der Waals surface area contributed by atoms with Crippen molar-refractivity contribution in [3.63, 3.8) is 0 Å². The van der Waals surface area contributed by atoms with E-state index in [1.54, 1.807) is 12.4 Å². The number of piperazine rings is 1. The molecule has 2 aliphatic heterocycles. The first-order valence-corrected chi connectivity index (χ1v) is 10.8. The number of hydrogen-bond acceptors (Lipinski definition) is 5. The molecule has 29 heavy (non-hydrogen) atoms. The molecule has 1 aromatic heterocycles. The highest BCUT2D eigenvalue weighted by molar-refractivity contribution is 5.95. The van der Waals surface area contributed by atoms with Crippen molar-refractivity contribution in [3.05, 3.63) is 48.3 Å². The maximum atomic E-state index is 12.9. The van der Waals surface area contributed by atoms with Gasteiger partial charge in [-0.3, -0.25) is 9.78 Å². The molecule has 6 nitrogen and oxygen atoms in total. The van der Waals surface area contributed by atoms with E-state index in [2.05, 4.69) is 51.3 Å². The van der Waals surface area contributed by atoms with Gasteiger partial charge in [0.25, 0.3) is 5.91 Å². The summed E-state index contributed by atoms with van der Waals surface area (Å²) >= 11 is 0. The molecule has 0 unspecified atom stereocenters. The second-order valence-electron chi connectivity index (χ2n) is 7.91. The molecule has 6 heteroatoms. The summed E-state index contributed by atoms with van der Waals surface area (Å²) < 4.78 is 0. The Kier molecular flexibility index (Phi) is 6.30. The second kappa shape index (κ2) is 9.27. The van der Waals surface area contributed by atoms with E-state index in [4.69, 9.17) is 0 Å². The Balaban J connectivity index is 1.39. The maximum absolute atomic E-state index is 12.9. The van der Waals surface area contributed by atoms with Crippen LogP contribution < -0.4 is 10.2 Å². The van der Waals surface area contributed by atoms with Crippen LogP contribution in [0.2, 0.25) is 0 Å². The molecule has 2 aromatic rings. The van der Waals surface area contributed by atoms with Gasteiger partial charge in [-0.2, -0.15) is 0 Å². The van der Waals surface area contributed by atoms with E-state index in [1.165, 1.54) is 24.9 Å². The number of hydrogen-bond donors (Lipinski definition) is 1. The minimum atomic E-state index is 0.0670. The molecule has 0 atom stereocenters. The lowest BCUT2D eigenvalue weighted by Crippen LogP contribution is -2.48. The van der Waals surface area contributed by atoms with Crippen molar-refractivity contribution >= 4 is 23.0 Å². The highest BCUT2D eigenvalue weighted by Crippen LogP contribution is 2.24. The summed E-state index contributed by atoms with van der Waals surface area (Å²) in [5, 5.41) is 3.39. The average molecular weight is 394 g/mol. The third-order valence-electron chi connectivity index (χ3n) is 5.97. The Morgan fingerprint density at radius 3 is 2.34 bits per heavy atom. The molecule has 0 aliphatic carbocycles. The lowest BCUT2D eigenvalue weighted by Gasteiger charge is -2.34. The maximum Gasteiger partial charge on any atom is 0.255 e. The lowest BCUT2D eigenvalue weighted by molar-refractivity contribution is 0.0643. The van der Waals surface area contributed by atoms with Crippen LogP contribution >= 0.6 is 0 Å². The summed E-state index contributed by atoms with van der Waals surface area (Å²) in [5.41, 5.74) is 3.77. The number of likely N-dealkylation sites (N-methyl/N-ethyl adjacent to an activating group) is 1. The van der Waals surface area contributed by atoms with Crippen LogP contribution in [0, 0.1) is 0 Å². The van der Waals surface area contributed by atoms with Crippen molar-refractivity contribution in [2.45, 2.75) is 26.2 Å². The molecule has 0 saturated carbocycles. The van der Waals surface area contributed by atoms with Crippen molar-refractivity contribution in [1.29, 1.82) is 0 Å². The number of nitrogens with zero attached hydrogens (tertiary/aromatic N) is 4. The zero-order valence-electron chi connectivity index (χ0n) is 17.3. The molecule has 2 saturated heterocycles. The quantitative estimate of drug-likeness (QED) is 0.841. The molecule has 2 aliphatic rings. The van der Waals surface area contributed by atoms with Gasteiger partial charge in [0.2, 0.25) is 0 Å². The number of carbonyl (C=O) groups is 1. The van der Waals surface area contributed by atoms with Crippen LogP contribution in [0.25, 0.3) is 0 Å². The van der Waals surface area contributed by atoms with Gasteiger partial charge in [-0.05, 0) is 56.1 Å². The van der Waals surface area contributed by atoms with Gasteiger partial charge in [0.15, 0.2) is 0 Å². The van der Waals surface area contributed by atoms with Gasteiger partial charge in [0.1, 0.15) is 0 Å². The molecule has 1 N–H and O–H groups in total. The van der Waals surface area contributed by atoms with E-state index < -0.39 is 0 Å². The van der Waals surface area contributed by atoms with Gasteiger partial charge in [0.05, 0.1) is 17.4 Å². The van der Waals surface area contributed by atoms with Crippen molar-refractivity contribution in [2.75, 3.05) is 56.0 Å². The first kappa shape index (κ1) is 19.7. The molecule has 1 amide bonds. The number of amides is 1. The average Bonchev–Trinajstić information content (AvgIpc) is 2.80. The topological polar surface area (TPSA) is 51.7 Å². The van der Waals surface area contributed by atoms with Crippen molar-refractivity contribution in [3.8, 4) is 0 Å². The number of aromatic nitrogens is 1. The number of pyridine rings is 1. The standard InChI is InChI=1S/C23H31N5O/c1-2-26-12-14-28(15-13-26)23(29)19-16-21(18-24-17-19)25-20-6-8-22(9-7-20)27-10-4-3-5-11-27/h6-9,16-18,25H,2-5,10-15H2,1H3. The zero-order chi connectivity index (χ0) is 20.1. The summed E-state index contributed by atoms with van der Waals surface area (Å²) in [6.45, 7) is 8.94. The first-order chi connectivity index (χ1) is 14.2. The second-order valence-corrected chi connectivity index (χ2v) is 7.91. The number of piperidine rings is 1. The van der Waals surface area contributed by atoms with E-state index in [0.717, 1.165) is 57.2 Å². The van der Waals surface area contributed by atoms with Gasteiger partial charge >= 0.3 is 0 Å². The molecule has 154 valence electrons. The molecule has 1 aromatic carbocycles. The van der Waals surface area contributed by atoms with Crippen molar-refractivity contribution in [2.24, 2.45) is 0 Å². The van der Waals surface area contributed by atoms with Crippen LogP contribution in [0.15, 0.2) is 42.7 Å². The molecular weight excluding hydrogens is 362 g/mol. The fourth-order valence-corrected chi connectivity index (χ4v) is 4.15. The zero-order valence-corrected chi connectivity index (χ0v) is 17.3. The van der Waals surface area contributed by atoms with Crippen LogP contribution in [0.1, 0.15) is 36.5 Å². The lowest BCUT2D eigenvalue weighted by atomic mass is 10.1. The Morgan fingerprint density at radius 1 is 0.931 bits per heavy atom. The van der Waals surface area contributed by atoms with Gasteiger partial charge < -0.3 is 20.0 Å². The fourth-order valence-electron chi connectivity index (χ4n) is 4.15. The number of rotatable bonds is 5.